The van der Waals surface area contributed by atoms with E-state index in [2.05, 4.69) is 58.2 Å². The molecule has 1 N–H and O–H groups in total. The van der Waals surface area contributed by atoms with Crippen LogP contribution in [0.15, 0.2) is 54.2 Å². The molecule has 1 aromatic carbocycles. The van der Waals surface area contributed by atoms with Gasteiger partial charge in [0.1, 0.15) is 24.6 Å². The van der Waals surface area contributed by atoms with E-state index in [0.29, 0.717) is 50.0 Å². The van der Waals surface area contributed by atoms with E-state index >= 15 is 0 Å². The Bertz CT molecular complexity index is 1890. The molecule has 0 aliphatic carbocycles. The van der Waals surface area contributed by atoms with Crippen molar-refractivity contribution in [1.29, 1.82) is 0 Å². The van der Waals surface area contributed by atoms with Gasteiger partial charge in [-0.15, -0.1) is 0 Å². The molecule has 2 bridgehead atoms. The minimum absolute atomic E-state index is 0.0530. The van der Waals surface area contributed by atoms with Crippen molar-refractivity contribution in [3.8, 4) is 5.75 Å². The van der Waals surface area contributed by atoms with Crippen LogP contribution in [-0.2, 0) is 47.4 Å². The Hall–Kier alpha value is -3.40. The van der Waals surface area contributed by atoms with Crippen molar-refractivity contribution in [3.05, 3.63) is 70.9 Å². The summed E-state index contributed by atoms with van der Waals surface area (Å²) in [5.41, 5.74) is 4.10. The molecule has 6 aliphatic rings. The maximum absolute atomic E-state index is 14.2. The predicted molar refractivity (Wildman–Crippen MR) is 232 cm³/mol. The lowest BCUT2D eigenvalue weighted by Gasteiger charge is -2.47. The summed E-state index contributed by atoms with van der Waals surface area (Å²) < 4.78 is 64.5. The fourth-order valence-electron chi connectivity index (χ4n) is 10.1. The summed E-state index contributed by atoms with van der Waals surface area (Å²) in [5, 5.41) is 2.95. The van der Waals surface area contributed by atoms with Crippen molar-refractivity contribution in [2.24, 2.45) is 17.8 Å². The molecule has 13 heteroatoms. The highest BCUT2D eigenvalue weighted by Crippen LogP contribution is 2.43. The van der Waals surface area contributed by atoms with Gasteiger partial charge < -0.3 is 52.7 Å². The Morgan fingerprint density at radius 3 is 2.34 bits per heavy atom. The van der Waals surface area contributed by atoms with Gasteiger partial charge in [-0.3, -0.25) is 4.79 Å². The number of nitrogens with one attached hydrogen (secondary N) is 1. The van der Waals surface area contributed by atoms with Crippen LogP contribution in [0.1, 0.15) is 109 Å². The topological polar surface area (TPSA) is 138 Å². The SMILES string of the molecule is CO[C@H]1C[C@H](O[C@H]2[C@H](C)O[C@@H](O[C@@H]3/C(C)=C/C[C@@H]4C[C@@H](C[C@]5(C=C[C@H](C)[C@@H](C(C)C)O5)O4)OC(=O)c4cc(C)cc5c4/C(=C/C=C/[C@@H]3C)CO5)C[C@@H]2OC)O[C@@H](C)[C@@H]1NC(C)=O. The van der Waals surface area contributed by atoms with Crippen molar-refractivity contribution in [3.63, 3.8) is 0 Å². The summed E-state index contributed by atoms with van der Waals surface area (Å²) >= 11 is 0. The Kier molecular flexibility index (Phi) is 14.9. The summed E-state index contributed by atoms with van der Waals surface area (Å²) in [6.45, 7) is 18.4. The first-order chi connectivity index (χ1) is 29.6. The highest BCUT2D eigenvalue weighted by molar-refractivity contribution is 5.98. The van der Waals surface area contributed by atoms with Gasteiger partial charge in [0.05, 0.1) is 54.3 Å². The second-order valence-electron chi connectivity index (χ2n) is 18.6. The number of aryl methyl sites for hydroxylation is 1. The van der Waals surface area contributed by atoms with Crippen molar-refractivity contribution < 1.29 is 57.0 Å². The zero-order chi connectivity index (χ0) is 44.5. The van der Waals surface area contributed by atoms with Crippen molar-refractivity contribution in [2.45, 2.75) is 174 Å². The number of hydrogen-bond donors (Lipinski definition) is 1. The van der Waals surface area contributed by atoms with Crippen molar-refractivity contribution in [2.75, 3.05) is 20.8 Å². The van der Waals surface area contributed by atoms with E-state index in [-0.39, 0.29) is 72.3 Å². The van der Waals surface area contributed by atoms with Crippen molar-refractivity contribution in [1.82, 2.24) is 5.32 Å². The summed E-state index contributed by atoms with van der Waals surface area (Å²) in [4.78, 5) is 26.1. The number of amides is 1. The number of esters is 1. The number of methoxy groups -OCH3 is 2. The van der Waals surface area contributed by atoms with E-state index in [0.717, 1.165) is 22.3 Å². The average Bonchev–Trinajstić information content (AvgIpc) is 3.62. The second kappa shape index (κ2) is 19.8. The molecule has 1 spiro atoms. The molecular weight excluding hydrogens is 795 g/mol. The van der Waals surface area contributed by atoms with Gasteiger partial charge in [0.25, 0.3) is 0 Å². The maximum atomic E-state index is 14.2. The van der Waals surface area contributed by atoms with Crippen LogP contribution in [0.3, 0.4) is 0 Å². The molecule has 1 aromatic rings. The summed E-state index contributed by atoms with van der Waals surface area (Å²) in [7, 11) is 3.31. The third-order valence-electron chi connectivity index (χ3n) is 13.3. The number of carbonyl (C=O) groups excluding carboxylic acids is 2. The van der Waals surface area contributed by atoms with E-state index < -0.39 is 36.7 Å². The molecule has 62 heavy (non-hydrogen) atoms. The lowest BCUT2D eigenvalue weighted by Crippen LogP contribution is -2.58. The molecule has 6 heterocycles. The molecule has 0 radical (unpaired) electrons. The highest BCUT2D eigenvalue weighted by Gasteiger charge is 2.48. The van der Waals surface area contributed by atoms with Crippen LogP contribution in [0.2, 0.25) is 0 Å². The molecule has 0 unspecified atom stereocenters. The zero-order valence-corrected chi connectivity index (χ0v) is 38.4. The first-order valence-electron chi connectivity index (χ1n) is 22.6. The molecule has 0 saturated carbocycles. The molecule has 6 aliphatic heterocycles. The van der Waals surface area contributed by atoms with Crippen LogP contribution in [0.4, 0.5) is 0 Å². The Morgan fingerprint density at radius 2 is 1.61 bits per heavy atom. The first kappa shape index (κ1) is 46.6. The highest BCUT2D eigenvalue weighted by atomic mass is 16.7. The maximum Gasteiger partial charge on any atom is 0.339 e. The molecule has 3 fully saturated rings. The number of fused-ring (bicyclic) bond motifs is 2. The quantitative estimate of drug-likeness (QED) is 0.204. The van der Waals surface area contributed by atoms with Gasteiger partial charge >= 0.3 is 5.97 Å². The Balaban J connectivity index is 1.15. The van der Waals surface area contributed by atoms with Crippen LogP contribution in [0.25, 0.3) is 5.57 Å². The van der Waals surface area contributed by atoms with Gasteiger partial charge in [0.2, 0.25) is 5.91 Å². The smallest absolute Gasteiger partial charge is 0.339 e. The van der Waals surface area contributed by atoms with Crippen LogP contribution < -0.4 is 10.1 Å². The standard InChI is InChI=1S/C49H69NO12/c1-26(2)45-30(6)17-18-49(62-45)24-36-21-35(61-49)16-15-29(5)46(28(4)13-12-14-34-25-55-38-20-27(3)19-37(43(34)38)48(52)58-36)59-42-23-40(54-11)47(32(8)57-42)60-41-22-39(53-10)44(31(7)56-41)50-33(9)51/h12-15,17-20,26,28,30-32,35-36,39-42,44-47H,16,21-25H2,1-11H3,(H,50,51)/b13-12+,29-15+,34-14+/t28-,30-,31-,32-,35+,36-,39-,40-,41-,42-,44-,45+,46-,47-,49+/m0/s1. The van der Waals surface area contributed by atoms with E-state index in [1.807, 2.05) is 51.1 Å². The molecular formula is C49H69NO12. The number of benzene rings is 1. The molecule has 1 amide bonds. The van der Waals surface area contributed by atoms with Gasteiger partial charge in [0, 0.05) is 69.8 Å². The summed E-state index contributed by atoms with van der Waals surface area (Å²) in [5.74, 6) is -0.482. The lowest BCUT2D eigenvalue weighted by molar-refractivity contribution is -0.311. The fraction of sp³-hybridized carbons (Fsp3) is 0.673. The molecule has 13 nitrogen and oxygen atoms in total. The number of rotatable bonds is 8. The number of carbonyl (C=O) groups is 2. The van der Waals surface area contributed by atoms with Gasteiger partial charge in [-0.05, 0) is 69.4 Å². The van der Waals surface area contributed by atoms with E-state index in [4.69, 9.17) is 47.4 Å². The number of allylic oxidation sites excluding steroid dienone is 2. The molecule has 15 atom stereocenters. The van der Waals surface area contributed by atoms with Gasteiger partial charge in [-0.2, -0.15) is 0 Å². The molecule has 7 rings (SSSR count). The van der Waals surface area contributed by atoms with Gasteiger partial charge in [0.15, 0.2) is 18.4 Å². The first-order valence-corrected chi connectivity index (χ1v) is 22.6. The third kappa shape index (κ3) is 10.4. The average molecular weight is 864 g/mol. The zero-order valence-electron chi connectivity index (χ0n) is 38.4. The largest absolute Gasteiger partial charge is 0.488 e. The Morgan fingerprint density at radius 1 is 0.887 bits per heavy atom. The van der Waals surface area contributed by atoms with Crippen LogP contribution >= 0.6 is 0 Å². The fourth-order valence-corrected chi connectivity index (χ4v) is 10.1. The van der Waals surface area contributed by atoms with E-state index in [9.17, 15) is 9.59 Å². The number of hydrogen-bond acceptors (Lipinski definition) is 12. The van der Waals surface area contributed by atoms with Crippen LogP contribution in [0, 0.1) is 24.7 Å². The van der Waals surface area contributed by atoms with E-state index in [1.165, 1.54) is 6.92 Å². The minimum atomic E-state index is -1.03. The molecule has 0 aromatic heterocycles. The third-order valence-corrected chi connectivity index (χ3v) is 13.3. The minimum Gasteiger partial charge on any atom is -0.488 e. The van der Waals surface area contributed by atoms with Crippen molar-refractivity contribution >= 4 is 17.4 Å². The molecule has 3 saturated heterocycles. The van der Waals surface area contributed by atoms with Crippen LogP contribution in [0.5, 0.6) is 5.75 Å². The number of ether oxygens (including phenoxy) is 10. The lowest BCUT2D eigenvalue weighted by atomic mass is 9.87. The van der Waals surface area contributed by atoms with E-state index in [1.54, 1.807) is 14.2 Å². The van der Waals surface area contributed by atoms with Gasteiger partial charge in [-0.25, -0.2) is 4.79 Å². The summed E-state index contributed by atoms with van der Waals surface area (Å²) in [6, 6.07) is 3.57. The van der Waals surface area contributed by atoms with Crippen LogP contribution in [-0.4, -0.2) is 112 Å². The predicted octanol–water partition coefficient (Wildman–Crippen LogP) is 7.54. The monoisotopic (exact) mass is 863 g/mol. The summed E-state index contributed by atoms with van der Waals surface area (Å²) in [6.07, 6.45) is 10.7. The Labute approximate surface area is 367 Å². The normalized spacial score (nSPS) is 41.0. The van der Waals surface area contributed by atoms with Gasteiger partial charge in [-0.1, -0.05) is 58.1 Å². The second-order valence-corrected chi connectivity index (χ2v) is 18.6. The molecule has 342 valence electrons.